The number of esters is 2. The highest BCUT2D eigenvalue weighted by Crippen LogP contribution is 2.76. The summed E-state index contributed by atoms with van der Waals surface area (Å²) >= 11 is 0. The molecule has 22 heteroatoms. The van der Waals surface area contributed by atoms with Gasteiger partial charge in [0.05, 0.1) is 43.4 Å². The summed E-state index contributed by atoms with van der Waals surface area (Å²) in [6, 6.07) is 0. The number of hydrogen-bond donors (Lipinski definition) is 11. The first-order valence-corrected chi connectivity index (χ1v) is 28.4. The quantitative estimate of drug-likeness (QED) is 0.0477. The predicted molar refractivity (Wildman–Crippen MR) is 275 cm³/mol. The minimum absolute atomic E-state index is 0.0307. The van der Waals surface area contributed by atoms with Crippen LogP contribution < -0.4 is 0 Å². The Balaban J connectivity index is 1.12. The number of carbonyl (C=O) groups excluding carboxylic acids is 2. The molecule has 26 atom stereocenters. The molecule has 22 nitrogen and oxygen atoms in total. The SMILES string of the molecule is C/C=C(/C)C(=O)O[C@H]1[C@H](OC(=O)[C@@H](C)CC)[C@]2(CO)[C@H](O)C[C@]3(C)C(=CC[C@@H]4[C@@]5(C)CC[C@H](O[C@@H]6O[C@H](C(=O)O)[C@@H](O)[C@H](O[C@@H]7O[C@@H](CO)[C@H](O)[C@H]7O)[C@H]6O[C@@H]6O[C@H](CO)[C@H](O)[C@H](O)[C@H]6O)C(C)(C)[C@@H]5CC[C@]43C)[C@@H]2CC1(C)C. The van der Waals surface area contributed by atoms with E-state index in [2.05, 4.69) is 40.7 Å². The number of carboxylic acid groups (broad SMARTS) is 1. The van der Waals surface area contributed by atoms with Crippen molar-refractivity contribution in [3.05, 3.63) is 23.3 Å². The maximum atomic E-state index is 13.9. The molecular weight excluding hydrogens is 1040 g/mol. The largest absolute Gasteiger partial charge is 0.479 e. The van der Waals surface area contributed by atoms with Gasteiger partial charge in [-0.3, -0.25) is 4.79 Å². The van der Waals surface area contributed by atoms with Crippen LogP contribution >= 0.6 is 0 Å². The second-order valence-corrected chi connectivity index (χ2v) is 26.3. The van der Waals surface area contributed by atoms with Crippen molar-refractivity contribution < 1.29 is 108 Å². The summed E-state index contributed by atoms with van der Waals surface area (Å²) in [6.45, 7) is 19.8. The monoisotopic (exact) mass is 1130 g/mol. The van der Waals surface area contributed by atoms with Crippen LogP contribution in [-0.2, 0) is 52.3 Å². The molecule has 0 unspecified atom stereocenters. The predicted octanol–water partition coefficient (Wildman–Crippen LogP) is 1.37. The van der Waals surface area contributed by atoms with Gasteiger partial charge >= 0.3 is 17.9 Å². The van der Waals surface area contributed by atoms with E-state index in [1.165, 1.54) is 0 Å². The first-order chi connectivity index (χ1) is 36.9. The van der Waals surface area contributed by atoms with Crippen molar-refractivity contribution >= 4 is 17.9 Å². The molecule has 7 fully saturated rings. The Morgan fingerprint density at radius 3 is 1.89 bits per heavy atom. The summed E-state index contributed by atoms with van der Waals surface area (Å²) in [5.74, 6) is -3.72. The van der Waals surface area contributed by atoms with Crippen LogP contribution in [0.4, 0.5) is 0 Å². The summed E-state index contributed by atoms with van der Waals surface area (Å²) in [4.78, 5) is 40.4. The van der Waals surface area contributed by atoms with E-state index in [9.17, 15) is 70.6 Å². The van der Waals surface area contributed by atoms with Crippen LogP contribution in [0, 0.1) is 56.2 Å². The zero-order chi connectivity index (χ0) is 58.4. The van der Waals surface area contributed by atoms with Gasteiger partial charge in [0.25, 0.3) is 0 Å². The Morgan fingerprint density at radius 1 is 0.722 bits per heavy atom. The van der Waals surface area contributed by atoms with Crippen LogP contribution in [0.1, 0.15) is 128 Å². The van der Waals surface area contributed by atoms with Gasteiger partial charge < -0.3 is 94.1 Å². The van der Waals surface area contributed by atoms with E-state index in [-0.39, 0.29) is 23.7 Å². The first-order valence-electron chi connectivity index (χ1n) is 28.4. The molecule has 8 aliphatic rings. The zero-order valence-corrected chi connectivity index (χ0v) is 47.5. The molecule has 3 aliphatic heterocycles. The number of aliphatic hydroxyl groups excluding tert-OH is 10. The molecule has 0 bridgehead atoms. The van der Waals surface area contributed by atoms with E-state index in [0.717, 1.165) is 5.57 Å². The molecule has 0 spiro atoms. The maximum absolute atomic E-state index is 13.9. The fourth-order valence-corrected chi connectivity index (χ4v) is 16.3. The average molecular weight is 1130 g/mol. The number of aliphatic hydroxyl groups is 10. The second-order valence-electron chi connectivity index (χ2n) is 26.3. The highest BCUT2D eigenvalue weighted by molar-refractivity contribution is 5.87. The number of fused-ring (bicyclic) bond motifs is 7. The summed E-state index contributed by atoms with van der Waals surface area (Å²) in [5, 5.41) is 121. The van der Waals surface area contributed by atoms with E-state index in [1.54, 1.807) is 26.8 Å². The van der Waals surface area contributed by atoms with Gasteiger partial charge in [0.2, 0.25) is 0 Å². The maximum Gasteiger partial charge on any atom is 0.335 e. The van der Waals surface area contributed by atoms with E-state index in [0.29, 0.717) is 50.5 Å². The Morgan fingerprint density at radius 2 is 1.32 bits per heavy atom. The standard InChI is InChI=1S/C57H90O22/c1-12-25(3)47(70)78-44-45(79-48(71)26(4)13-2)57(24-60)28(20-52(44,5)6)27-14-15-32-54(9)18-17-34(53(7,8)31(54)16-19-55(32,10)56(27,11)21-33(57)61)74-51-43(77-50-39(66)37(64)35(62)29(22-58)72-50)41(40(67)42(76-51)46(68)69)75-49-38(65)36(63)30(23-59)73-49/h12,14,26,28-45,49-51,58-67H,13,15-24H2,1-11H3,(H,68,69)/b25-12-/t26-,28-,29+,30-,31-,32+,33+,34-,35-,36-,37-,38+,39+,40-,41-,42-,43+,44-,45-,49-,50-,51+,54-,55+,56+,57-/m0/s1. The molecule has 79 heavy (non-hydrogen) atoms. The fourth-order valence-electron chi connectivity index (χ4n) is 16.3. The van der Waals surface area contributed by atoms with Crippen molar-refractivity contribution in [3.63, 3.8) is 0 Å². The topological polar surface area (TPSA) is 348 Å². The Kier molecular flexibility index (Phi) is 17.9. The summed E-state index contributed by atoms with van der Waals surface area (Å²) in [6.07, 6.45) is -21.1. The molecule has 0 aromatic heterocycles. The van der Waals surface area contributed by atoms with Gasteiger partial charge in [-0.05, 0) is 105 Å². The van der Waals surface area contributed by atoms with Gasteiger partial charge in [0, 0.05) is 11.0 Å². The molecule has 5 aliphatic carbocycles. The van der Waals surface area contributed by atoms with Crippen LogP contribution in [0.2, 0.25) is 0 Å². The number of allylic oxidation sites excluding steroid dienone is 3. The zero-order valence-electron chi connectivity index (χ0n) is 47.5. The van der Waals surface area contributed by atoms with Crippen molar-refractivity contribution in [2.24, 2.45) is 56.2 Å². The fraction of sp³-hybridized carbons (Fsp3) is 0.877. The summed E-state index contributed by atoms with van der Waals surface area (Å²) in [7, 11) is 0. The molecular formula is C57H90O22. The number of aliphatic carboxylic acids is 1. The Hall–Kier alpha value is -2.75. The number of rotatable bonds is 15. The third-order valence-corrected chi connectivity index (χ3v) is 21.5. The molecule has 0 aromatic rings. The molecule has 8 rings (SSSR count). The van der Waals surface area contributed by atoms with Gasteiger partial charge in [0.15, 0.2) is 25.0 Å². The van der Waals surface area contributed by atoms with Crippen molar-refractivity contribution in [1.29, 1.82) is 0 Å². The van der Waals surface area contributed by atoms with E-state index in [1.807, 2.05) is 20.8 Å². The van der Waals surface area contributed by atoms with Crippen LogP contribution in [0.15, 0.2) is 23.3 Å². The van der Waals surface area contributed by atoms with Crippen LogP contribution in [0.5, 0.6) is 0 Å². The van der Waals surface area contributed by atoms with Crippen LogP contribution in [0.3, 0.4) is 0 Å². The minimum Gasteiger partial charge on any atom is -0.479 e. The van der Waals surface area contributed by atoms with Crippen molar-refractivity contribution in [2.45, 2.75) is 238 Å². The lowest BCUT2D eigenvalue weighted by Gasteiger charge is -2.72. The highest BCUT2D eigenvalue weighted by Gasteiger charge is 2.74. The van der Waals surface area contributed by atoms with Gasteiger partial charge in [-0.25, -0.2) is 9.59 Å². The normalized spacial score (nSPS) is 48.7. The summed E-state index contributed by atoms with van der Waals surface area (Å²) < 4.78 is 49.3. The van der Waals surface area contributed by atoms with Gasteiger partial charge in [0.1, 0.15) is 73.2 Å². The highest BCUT2D eigenvalue weighted by atomic mass is 16.8. The molecule has 3 saturated heterocycles. The van der Waals surface area contributed by atoms with Crippen molar-refractivity contribution in [3.8, 4) is 0 Å². The first kappa shape index (κ1) is 62.3. The average Bonchev–Trinajstić information content (AvgIpc) is 3.80. The molecule has 0 amide bonds. The van der Waals surface area contributed by atoms with Crippen LogP contribution in [0.25, 0.3) is 0 Å². The Labute approximate surface area is 462 Å². The van der Waals surface area contributed by atoms with E-state index >= 15 is 0 Å². The summed E-state index contributed by atoms with van der Waals surface area (Å²) in [5.41, 5.74) is -2.92. The van der Waals surface area contributed by atoms with Crippen molar-refractivity contribution in [1.82, 2.24) is 0 Å². The third kappa shape index (κ3) is 10.1. The number of carboxylic acids is 1. The van der Waals surface area contributed by atoms with E-state index in [4.69, 9.17) is 37.9 Å². The molecule has 0 aromatic carbocycles. The van der Waals surface area contributed by atoms with Crippen LogP contribution in [-0.4, -0.2) is 204 Å². The number of carbonyl (C=O) groups is 3. The lowest BCUT2D eigenvalue weighted by molar-refractivity contribution is -0.386. The molecule has 0 radical (unpaired) electrons. The van der Waals surface area contributed by atoms with Gasteiger partial charge in [-0.1, -0.05) is 80.0 Å². The van der Waals surface area contributed by atoms with Gasteiger partial charge in [-0.2, -0.15) is 0 Å². The lowest BCUT2D eigenvalue weighted by atomic mass is 9.33. The minimum atomic E-state index is -2.10. The number of hydrogen-bond acceptors (Lipinski definition) is 21. The second kappa shape index (κ2) is 22.7. The number of ether oxygens (including phenoxy) is 8. The van der Waals surface area contributed by atoms with Gasteiger partial charge in [-0.15, -0.1) is 0 Å². The van der Waals surface area contributed by atoms with E-state index < -0.39 is 187 Å². The molecule has 11 N–H and O–H groups in total. The Bertz CT molecular complexity index is 2290. The third-order valence-electron chi connectivity index (χ3n) is 21.5. The van der Waals surface area contributed by atoms with Crippen molar-refractivity contribution in [2.75, 3.05) is 19.8 Å². The molecule has 4 saturated carbocycles. The lowest BCUT2D eigenvalue weighted by Crippen LogP contribution is -2.72. The molecule has 450 valence electrons. The smallest absolute Gasteiger partial charge is 0.335 e. The molecule has 3 heterocycles.